The van der Waals surface area contributed by atoms with E-state index in [1.807, 2.05) is 30.3 Å². The van der Waals surface area contributed by atoms with Crippen molar-refractivity contribution >= 4 is 21.4 Å². The first-order valence-corrected chi connectivity index (χ1v) is 10.7. The van der Waals surface area contributed by atoms with Gasteiger partial charge in [0.25, 0.3) is 0 Å². The van der Waals surface area contributed by atoms with Crippen molar-refractivity contribution in [2.45, 2.75) is 18.5 Å². The molecule has 3 rings (SSSR count). The quantitative estimate of drug-likeness (QED) is 0.614. The van der Waals surface area contributed by atoms with Gasteiger partial charge >= 0.3 is 6.18 Å². The Labute approximate surface area is 171 Å². The molecule has 0 aliphatic heterocycles. The van der Waals surface area contributed by atoms with E-state index in [1.54, 1.807) is 10.8 Å². The van der Waals surface area contributed by atoms with Crippen LogP contribution in [-0.2, 0) is 33.1 Å². The molecule has 10 heteroatoms. The molecular formula is C20H18F3N3O3S. The van der Waals surface area contributed by atoms with Crippen LogP contribution in [0.1, 0.15) is 17.0 Å². The van der Waals surface area contributed by atoms with Crippen LogP contribution in [0.2, 0.25) is 0 Å². The highest BCUT2D eigenvalue weighted by Gasteiger charge is 2.30. The number of rotatable bonds is 7. The van der Waals surface area contributed by atoms with E-state index >= 15 is 0 Å². The fraction of sp³-hybridized carbons (Fsp3) is 0.200. The van der Waals surface area contributed by atoms with Gasteiger partial charge in [-0.15, -0.1) is 0 Å². The third kappa shape index (κ3) is 5.93. The summed E-state index contributed by atoms with van der Waals surface area (Å²) in [7, 11) is -3.85. The van der Waals surface area contributed by atoms with Crippen molar-refractivity contribution in [1.29, 1.82) is 0 Å². The SMILES string of the molecule is O=C(CS(=O)(=O)Cc1nccn1Cc1ccccc1)Nc1ccc(C(F)(F)F)cc1. The summed E-state index contributed by atoms with van der Waals surface area (Å²) in [6.45, 7) is 0.434. The van der Waals surface area contributed by atoms with Crippen molar-refractivity contribution in [2.75, 3.05) is 11.1 Å². The first-order chi connectivity index (χ1) is 14.1. The predicted molar refractivity (Wildman–Crippen MR) is 105 cm³/mol. The summed E-state index contributed by atoms with van der Waals surface area (Å²) < 4.78 is 64.3. The van der Waals surface area contributed by atoms with Crippen LogP contribution in [-0.4, -0.2) is 29.6 Å². The van der Waals surface area contributed by atoms with Gasteiger partial charge in [0.1, 0.15) is 17.3 Å². The fourth-order valence-corrected chi connectivity index (χ4v) is 4.00. The van der Waals surface area contributed by atoms with Gasteiger partial charge in [-0.3, -0.25) is 4.79 Å². The molecule has 0 aliphatic carbocycles. The van der Waals surface area contributed by atoms with Crippen LogP contribution < -0.4 is 5.32 Å². The molecule has 30 heavy (non-hydrogen) atoms. The number of sulfone groups is 1. The lowest BCUT2D eigenvalue weighted by atomic mass is 10.2. The molecule has 1 aromatic heterocycles. The number of halogens is 3. The molecular weight excluding hydrogens is 419 g/mol. The second-order valence-electron chi connectivity index (χ2n) is 6.61. The molecule has 1 heterocycles. The zero-order valence-corrected chi connectivity index (χ0v) is 16.4. The van der Waals surface area contributed by atoms with E-state index in [4.69, 9.17) is 0 Å². The molecule has 0 aliphatic rings. The minimum Gasteiger partial charge on any atom is -0.330 e. The normalized spacial score (nSPS) is 12.0. The molecule has 1 N–H and O–H groups in total. The van der Waals surface area contributed by atoms with Crippen LogP contribution in [0.25, 0.3) is 0 Å². The Morgan fingerprint density at radius 1 is 1.03 bits per heavy atom. The number of nitrogens with zero attached hydrogens (tertiary/aromatic N) is 2. The molecule has 0 unspecified atom stereocenters. The largest absolute Gasteiger partial charge is 0.416 e. The predicted octanol–water partition coefficient (Wildman–Crippen LogP) is 3.50. The molecule has 3 aromatic rings. The highest BCUT2D eigenvalue weighted by Crippen LogP contribution is 2.29. The Bertz CT molecular complexity index is 1110. The maximum Gasteiger partial charge on any atom is 0.416 e. The van der Waals surface area contributed by atoms with Gasteiger partial charge in [-0.05, 0) is 29.8 Å². The minimum absolute atomic E-state index is 0.0776. The molecule has 0 radical (unpaired) electrons. The van der Waals surface area contributed by atoms with E-state index in [2.05, 4.69) is 10.3 Å². The van der Waals surface area contributed by atoms with Crippen LogP contribution in [0.15, 0.2) is 67.0 Å². The molecule has 0 saturated carbocycles. The molecule has 1 amide bonds. The van der Waals surface area contributed by atoms with E-state index in [-0.39, 0.29) is 5.69 Å². The number of imidazole rings is 1. The second kappa shape index (κ2) is 8.70. The molecule has 2 aromatic carbocycles. The van der Waals surface area contributed by atoms with Crippen molar-refractivity contribution in [2.24, 2.45) is 0 Å². The first kappa shape index (κ1) is 21.6. The second-order valence-corrected chi connectivity index (χ2v) is 8.68. The van der Waals surface area contributed by atoms with E-state index < -0.39 is 39.0 Å². The monoisotopic (exact) mass is 437 g/mol. The van der Waals surface area contributed by atoms with E-state index in [0.717, 1.165) is 29.8 Å². The van der Waals surface area contributed by atoms with Crippen molar-refractivity contribution in [3.63, 3.8) is 0 Å². The number of benzene rings is 2. The lowest BCUT2D eigenvalue weighted by Crippen LogP contribution is -2.25. The van der Waals surface area contributed by atoms with E-state index in [9.17, 15) is 26.4 Å². The summed E-state index contributed by atoms with van der Waals surface area (Å²) in [5.74, 6) is -1.79. The van der Waals surface area contributed by atoms with Gasteiger partial charge in [0.15, 0.2) is 9.84 Å². The molecule has 6 nitrogen and oxygen atoms in total. The van der Waals surface area contributed by atoms with Crippen molar-refractivity contribution in [3.05, 3.63) is 83.9 Å². The maximum absolute atomic E-state index is 12.6. The summed E-state index contributed by atoms with van der Waals surface area (Å²) >= 11 is 0. The van der Waals surface area contributed by atoms with Crippen LogP contribution >= 0.6 is 0 Å². The van der Waals surface area contributed by atoms with Crippen molar-refractivity contribution in [1.82, 2.24) is 9.55 Å². The van der Waals surface area contributed by atoms with Gasteiger partial charge in [0.2, 0.25) is 5.91 Å². The minimum atomic E-state index is -4.49. The van der Waals surface area contributed by atoms with Crippen molar-refractivity contribution < 1.29 is 26.4 Å². The number of carbonyl (C=O) groups is 1. The Hall–Kier alpha value is -3.14. The Morgan fingerprint density at radius 3 is 2.33 bits per heavy atom. The highest BCUT2D eigenvalue weighted by molar-refractivity contribution is 7.91. The molecule has 0 saturated heterocycles. The lowest BCUT2D eigenvalue weighted by molar-refractivity contribution is -0.137. The summed E-state index contributed by atoms with van der Waals surface area (Å²) in [4.78, 5) is 16.1. The lowest BCUT2D eigenvalue weighted by Gasteiger charge is -2.10. The summed E-state index contributed by atoms with van der Waals surface area (Å²) in [6.07, 6.45) is -1.36. The molecule has 0 bridgehead atoms. The highest BCUT2D eigenvalue weighted by atomic mass is 32.2. The van der Waals surface area contributed by atoms with Gasteiger partial charge in [0.05, 0.1) is 5.56 Å². The Kier molecular flexibility index (Phi) is 6.25. The number of anilines is 1. The summed E-state index contributed by atoms with van der Waals surface area (Å²) in [5, 5.41) is 2.30. The Balaban J connectivity index is 1.62. The number of carbonyl (C=O) groups excluding carboxylic acids is 1. The molecule has 0 fully saturated rings. The van der Waals surface area contributed by atoms with Crippen LogP contribution in [0.4, 0.5) is 18.9 Å². The smallest absolute Gasteiger partial charge is 0.330 e. The van der Waals surface area contributed by atoms with E-state index in [1.165, 1.54) is 6.20 Å². The number of hydrogen-bond donors (Lipinski definition) is 1. The Morgan fingerprint density at radius 2 is 1.70 bits per heavy atom. The molecule has 158 valence electrons. The van der Waals surface area contributed by atoms with Gasteiger partial charge in [-0.25, -0.2) is 13.4 Å². The van der Waals surface area contributed by atoms with Crippen molar-refractivity contribution in [3.8, 4) is 0 Å². The number of aromatic nitrogens is 2. The van der Waals surface area contributed by atoms with Gasteiger partial charge in [-0.1, -0.05) is 30.3 Å². The summed E-state index contributed by atoms with van der Waals surface area (Å²) in [6, 6.07) is 13.2. The van der Waals surface area contributed by atoms with Crippen LogP contribution in [0.3, 0.4) is 0 Å². The number of hydrogen-bond acceptors (Lipinski definition) is 4. The van der Waals surface area contributed by atoms with Gasteiger partial charge in [0, 0.05) is 24.6 Å². The van der Waals surface area contributed by atoms with Gasteiger partial charge in [-0.2, -0.15) is 13.2 Å². The topological polar surface area (TPSA) is 81.1 Å². The van der Waals surface area contributed by atoms with Gasteiger partial charge < -0.3 is 9.88 Å². The maximum atomic E-state index is 12.6. The van der Waals surface area contributed by atoms with Crippen LogP contribution in [0.5, 0.6) is 0 Å². The number of nitrogens with one attached hydrogen (secondary N) is 1. The first-order valence-electron chi connectivity index (χ1n) is 8.84. The fourth-order valence-electron chi connectivity index (χ4n) is 2.79. The number of alkyl halides is 3. The zero-order valence-electron chi connectivity index (χ0n) is 15.6. The number of amides is 1. The third-order valence-corrected chi connectivity index (χ3v) is 5.59. The molecule has 0 atom stereocenters. The standard InChI is InChI=1S/C20H18F3N3O3S/c21-20(22,23)16-6-8-17(9-7-16)25-19(27)14-30(28,29)13-18-24-10-11-26(18)12-15-4-2-1-3-5-15/h1-11H,12-14H2,(H,25,27). The van der Waals surface area contributed by atoms with Crippen LogP contribution in [0, 0.1) is 0 Å². The van der Waals surface area contributed by atoms with E-state index in [0.29, 0.717) is 12.4 Å². The average molecular weight is 437 g/mol. The third-order valence-electron chi connectivity index (χ3n) is 4.19. The zero-order chi connectivity index (χ0) is 21.8. The summed E-state index contributed by atoms with van der Waals surface area (Å²) in [5.41, 5.74) is 0.182. The molecule has 0 spiro atoms. The average Bonchev–Trinajstić information content (AvgIpc) is 3.07.